The van der Waals surface area contributed by atoms with Gasteiger partial charge in [0.15, 0.2) is 0 Å². The van der Waals surface area contributed by atoms with Gasteiger partial charge in [0.05, 0.1) is 30.1 Å². The number of hydrogen-bond acceptors (Lipinski definition) is 8. The number of rotatable bonds is 5. The minimum absolute atomic E-state index is 0.0430. The summed E-state index contributed by atoms with van der Waals surface area (Å²) in [6, 6.07) is 5.05. The highest BCUT2D eigenvalue weighted by atomic mass is 32.1. The Hall–Kier alpha value is -2.62. The molecule has 0 radical (unpaired) electrons. The van der Waals surface area contributed by atoms with Crippen molar-refractivity contribution in [3.05, 3.63) is 50.1 Å². The lowest BCUT2D eigenvalue weighted by atomic mass is 10.2. The van der Waals surface area contributed by atoms with E-state index >= 15 is 0 Å². The highest BCUT2D eigenvalue weighted by Crippen LogP contribution is 2.39. The molecule has 1 aliphatic heterocycles. The lowest BCUT2D eigenvalue weighted by Gasteiger charge is -2.25. The van der Waals surface area contributed by atoms with Crippen LogP contribution in [0, 0.1) is 30.9 Å². The van der Waals surface area contributed by atoms with Crippen LogP contribution in [0.2, 0.25) is 0 Å². The van der Waals surface area contributed by atoms with E-state index in [1.807, 2.05) is 13.8 Å². The molecule has 3 aromatic rings. The number of fused-ring (bicyclic) bond motifs is 1. The van der Waals surface area contributed by atoms with E-state index < -0.39 is 4.92 Å². The minimum Gasteiger partial charge on any atom is -0.431 e. The largest absolute Gasteiger partial charge is 0.431 e. The number of para-hydroxylation sites is 1. The SMILES string of the molecule is Cc1cccc(Oc2nc(CN3CCOCC3)nc3sc(C)c(C)c23)c1[N+](=O)[O-]. The van der Waals surface area contributed by atoms with Gasteiger partial charge in [-0.05, 0) is 32.4 Å². The number of morpholine rings is 1. The lowest BCUT2D eigenvalue weighted by Crippen LogP contribution is -2.36. The van der Waals surface area contributed by atoms with Crippen LogP contribution in [0.4, 0.5) is 5.69 Å². The molecule has 4 rings (SSSR count). The molecule has 0 atom stereocenters. The summed E-state index contributed by atoms with van der Waals surface area (Å²) in [7, 11) is 0. The number of thiophene rings is 1. The molecule has 1 saturated heterocycles. The standard InChI is InChI=1S/C20H22N4O4S/c1-12-5-4-6-15(18(12)24(25)26)28-19-17-13(2)14(3)29-20(17)22-16(21-19)11-23-7-9-27-10-8-23/h4-6H,7-11H2,1-3H3. The summed E-state index contributed by atoms with van der Waals surface area (Å²) >= 11 is 1.59. The van der Waals surface area contributed by atoms with Gasteiger partial charge in [0.25, 0.3) is 0 Å². The molecule has 1 aliphatic rings. The summed E-state index contributed by atoms with van der Waals surface area (Å²) in [6.07, 6.45) is 0. The van der Waals surface area contributed by atoms with Crippen molar-refractivity contribution < 1.29 is 14.4 Å². The normalized spacial score (nSPS) is 15.0. The summed E-state index contributed by atoms with van der Waals surface area (Å²) in [5.74, 6) is 1.20. The summed E-state index contributed by atoms with van der Waals surface area (Å²) < 4.78 is 11.5. The second-order valence-corrected chi connectivity index (χ2v) is 8.28. The summed E-state index contributed by atoms with van der Waals surface area (Å²) in [6.45, 7) is 9.34. The van der Waals surface area contributed by atoms with Gasteiger partial charge in [-0.1, -0.05) is 12.1 Å². The van der Waals surface area contributed by atoms with Crippen molar-refractivity contribution in [2.24, 2.45) is 0 Å². The van der Waals surface area contributed by atoms with Crippen LogP contribution in [0.3, 0.4) is 0 Å². The van der Waals surface area contributed by atoms with Gasteiger partial charge in [-0.3, -0.25) is 15.0 Å². The van der Waals surface area contributed by atoms with Crippen molar-refractivity contribution in [3.8, 4) is 11.6 Å². The van der Waals surface area contributed by atoms with Crippen molar-refractivity contribution in [3.63, 3.8) is 0 Å². The molecule has 29 heavy (non-hydrogen) atoms. The molecule has 152 valence electrons. The molecule has 0 bridgehead atoms. The van der Waals surface area contributed by atoms with E-state index in [1.54, 1.807) is 36.5 Å². The molecule has 0 spiro atoms. The Morgan fingerprint density at radius 3 is 2.72 bits per heavy atom. The summed E-state index contributed by atoms with van der Waals surface area (Å²) in [4.78, 5) is 24.8. The average molecular weight is 414 g/mol. The molecule has 8 nitrogen and oxygen atoms in total. The zero-order chi connectivity index (χ0) is 20.5. The molecule has 1 aromatic carbocycles. The summed E-state index contributed by atoms with van der Waals surface area (Å²) in [5, 5.41) is 12.4. The molecule has 2 aromatic heterocycles. The van der Waals surface area contributed by atoms with Crippen LogP contribution in [0.1, 0.15) is 21.8 Å². The van der Waals surface area contributed by atoms with E-state index in [0.29, 0.717) is 37.0 Å². The predicted molar refractivity (Wildman–Crippen MR) is 111 cm³/mol. The maximum absolute atomic E-state index is 11.6. The highest BCUT2D eigenvalue weighted by Gasteiger charge is 2.23. The van der Waals surface area contributed by atoms with Crippen molar-refractivity contribution in [2.45, 2.75) is 27.3 Å². The van der Waals surface area contributed by atoms with Gasteiger partial charge >= 0.3 is 5.69 Å². The second kappa shape index (κ2) is 8.02. The number of hydrogen-bond donors (Lipinski definition) is 0. The fourth-order valence-electron chi connectivity index (χ4n) is 3.41. The van der Waals surface area contributed by atoms with E-state index in [2.05, 4.69) is 9.88 Å². The zero-order valence-electron chi connectivity index (χ0n) is 16.6. The maximum atomic E-state index is 11.6. The number of aromatic nitrogens is 2. The van der Waals surface area contributed by atoms with E-state index in [1.165, 1.54) is 0 Å². The monoisotopic (exact) mass is 414 g/mol. The molecular formula is C20H22N4O4S. The molecular weight excluding hydrogens is 392 g/mol. The molecule has 3 heterocycles. The third-order valence-electron chi connectivity index (χ3n) is 5.10. The van der Waals surface area contributed by atoms with Crippen molar-refractivity contribution in [1.29, 1.82) is 0 Å². The first-order valence-corrected chi connectivity index (χ1v) is 10.2. The van der Waals surface area contributed by atoms with Crippen molar-refractivity contribution in [1.82, 2.24) is 14.9 Å². The van der Waals surface area contributed by atoms with Gasteiger partial charge in [0.2, 0.25) is 11.6 Å². The number of nitro benzene ring substituents is 1. The Morgan fingerprint density at radius 2 is 2.00 bits per heavy atom. The Bertz CT molecular complexity index is 1080. The molecule has 0 amide bonds. The van der Waals surface area contributed by atoms with Crippen molar-refractivity contribution >= 4 is 27.2 Å². The third-order valence-corrected chi connectivity index (χ3v) is 6.20. The van der Waals surface area contributed by atoms with E-state index in [9.17, 15) is 10.1 Å². The number of ether oxygens (including phenoxy) is 2. The van der Waals surface area contributed by atoms with E-state index in [-0.39, 0.29) is 11.4 Å². The Labute approximate surface area is 172 Å². The Kier molecular flexibility index (Phi) is 5.44. The smallest absolute Gasteiger partial charge is 0.314 e. The highest BCUT2D eigenvalue weighted by molar-refractivity contribution is 7.18. The molecule has 0 N–H and O–H groups in total. The number of nitrogens with zero attached hydrogens (tertiary/aromatic N) is 4. The fraction of sp³-hybridized carbons (Fsp3) is 0.400. The van der Waals surface area contributed by atoms with Gasteiger partial charge in [0.1, 0.15) is 10.7 Å². The third kappa shape index (κ3) is 3.93. The second-order valence-electron chi connectivity index (χ2n) is 7.08. The Morgan fingerprint density at radius 1 is 1.24 bits per heavy atom. The predicted octanol–water partition coefficient (Wildman–Crippen LogP) is 4.15. The molecule has 0 saturated carbocycles. The Balaban J connectivity index is 1.78. The first-order chi connectivity index (χ1) is 13.9. The van der Waals surface area contributed by atoms with Crippen LogP contribution < -0.4 is 4.74 Å². The minimum atomic E-state index is -0.413. The van der Waals surface area contributed by atoms with Gasteiger partial charge in [-0.25, -0.2) is 4.98 Å². The van der Waals surface area contributed by atoms with Gasteiger partial charge < -0.3 is 9.47 Å². The molecule has 0 aliphatic carbocycles. The fourth-order valence-corrected chi connectivity index (χ4v) is 4.45. The first kappa shape index (κ1) is 19.7. The number of aryl methyl sites for hydroxylation is 3. The van der Waals surface area contributed by atoms with Crippen LogP contribution >= 0.6 is 11.3 Å². The van der Waals surface area contributed by atoms with Crippen molar-refractivity contribution in [2.75, 3.05) is 26.3 Å². The van der Waals surface area contributed by atoms with Crippen LogP contribution in [0.15, 0.2) is 18.2 Å². The van der Waals surface area contributed by atoms with Gasteiger partial charge in [-0.15, -0.1) is 11.3 Å². The van der Waals surface area contributed by atoms with Crippen LogP contribution in [-0.2, 0) is 11.3 Å². The topological polar surface area (TPSA) is 90.6 Å². The molecule has 1 fully saturated rings. The first-order valence-electron chi connectivity index (χ1n) is 9.42. The van der Waals surface area contributed by atoms with Crippen LogP contribution in [0.25, 0.3) is 10.2 Å². The molecule has 9 heteroatoms. The number of nitro groups is 1. The maximum Gasteiger partial charge on any atom is 0.314 e. The quantitative estimate of drug-likeness (QED) is 0.457. The van der Waals surface area contributed by atoms with Gasteiger partial charge in [0, 0.05) is 23.5 Å². The zero-order valence-corrected chi connectivity index (χ0v) is 17.4. The lowest BCUT2D eigenvalue weighted by molar-refractivity contribution is -0.386. The van der Waals surface area contributed by atoms with Gasteiger partial charge in [-0.2, -0.15) is 4.98 Å². The molecule has 0 unspecified atom stereocenters. The van der Waals surface area contributed by atoms with E-state index in [4.69, 9.17) is 14.5 Å². The van der Waals surface area contributed by atoms with E-state index in [0.717, 1.165) is 33.7 Å². The number of benzene rings is 1. The van der Waals surface area contributed by atoms with Crippen LogP contribution in [-0.4, -0.2) is 46.1 Å². The summed E-state index contributed by atoms with van der Waals surface area (Å²) in [5.41, 5.74) is 1.54. The average Bonchev–Trinajstić information content (AvgIpc) is 2.96. The van der Waals surface area contributed by atoms with Crippen LogP contribution in [0.5, 0.6) is 11.6 Å².